The molecule has 25 heavy (non-hydrogen) atoms. The van der Waals surface area contributed by atoms with Crippen molar-refractivity contribution < 1.29 is 19.1 Å². The zero-order chi connectivity index (χ0) is 18.4. The second-order valence-electron chi connectivity index (χ2n) is 5.54. The third-order valence-electron chi connectivity index (χ3n) is 3.97. The lowest BCUT2D eigenvalue weighted by Crippen LogP contribution is -2.35. The fraction of sp³-hybridized carbons (Fsp3) is 0.368. The predicted octanol–water partition coefficient (Wildman–Crippen LogP) is 1.99. The largest absolute Gasteiger partial charge is 0.463 e. The highest BCUT2D eigenvalue weighted by molar-refractivity contribution is 6.00. The van der Waals surface area contributed by atoms with Gasteiger partial charge in [-0.3, -0.25) is 0 Å². The Morgan fingerprint density at radius 3 is 2.12 bits per heavy atom. The van der Waals surface area contributed by atoms with E-state index >= 15 is 0 Å². The van der Waals surface area contributed by atoms with Gasteiger partial charge in [0.2, 0.25) is 0 Å². The van der Waals surface area contributed by atoms with Gasteiger partial charge in [0, 0.05) is 17.9 Å². The van der Waals surface area contributed by atoms with Gasteiger partial charge in [-0.2, -0.15) is 0 Å². The summed E-state index contributed by atoms with van der Waals surface area (Å²) >= 11 is 0. The van der Waals surface area contributed by atoms with Gasteiger partial charge >= 0.3 is 11.9 Å². The molecule has 0 saturated carbocycles. The summed E-state index contributed by atoms with van der Waals surface area (Å²) in [5, 5.41) is 3.08. The zero-order valence-electron chi connectivity index (χ0n) is 14.8. The zero-order valence-corrected chi connectivity index (χ0v) is 14.8. The van der Waals surface area contributed by atoms with E-state index in [2.05, 4.69) is 5.32 Å². The highest BCUT2D eigenvalue weighted by Crippen LogP contribution is 2.39. The van der Waals surface area contributed by atoms with Crippen LogP contribution >= 0.6 is 0 Å². The summed E-state index contributed by atoms with van der Waals surface area (Å²) in [6, 6.07) is 9.34. The van der Waals surface area contributed by atoms with Crippen LogP contribution in [-0.4, -0.2) is 31.7 Å². The number of rotatable bonds is 6. The Labute approximate surface area is 147 Å². The summed E-state index contributed by atoms with van der Waals surface area (Å²) in [7, 11) is 0. The first-order valence-corrected chi connectivity index (χ1v) is 8.35. The summed E-state index contributed by atoms with van der Waals surface area (Å²) < 4.78 is 10.4. The molecule has 1 aromatic carbocycles. The van der Waals surface area contributed by atoms with Crippen molar-refractivity contribution in [3.05, 3.63) is 58.4 Å². The van der Waals surface area contributed by atoms with Crippen molar-refractivity contribution in [2.45, 2.75) is 26.7 Å². The molecule has 1 aromatic rings. The number of hydrogen-bond acceptors (Lipinski definition) is 6. The maximum Gasteiger partial charge on any atom is 0.336 e. The highest BCUT2D eigenvalue weighted by atomic mass is 16.5. The van der Waals surface area contributed by atoms with Crippen molar-refractivity contribution in [1.29, 1.82) is 0 Å². The van der Waals surface area contributed by atoms with Gasteiger partial charge in [0.1, 0.15) is 0 Å². The van der Waals surface area contributed by atoms with Crippen molar-refractivity contribution in [1.82, 2.24) is 5.32 Å². The Morgan fingerprint density at radius 2 is 1.60 bits per heavy atom. The normalized spacial score (nSPS) is 17.2. The molecule has 134 valence electrons. The Morgan fingerprint density at radius 1 is 1.04 bits per heavy atom. The number of ether oxygens (including phenoxy) is 2. The first-order chi connectivity index (χ1) is 12.0. The number of carbonyl (C=O) groups excluding carboxylic acids is 2. The molecule has 0 amide bonds. The molecule has 6 nitrogen and oxygen atoms in total. The van der Waals surface area contributed by atoms with Crippen LogP contribution in [0.15, 0.2) is 52.9 Å². The van der Waals surface area contributed by atoms with Gasteiger partial charge in [0.05, 0.1) is 30.3 Å². The number of allylic oxidation sites excluding steroid dienone is 1. The van der Waals surface area contributed by atoms with E-state index in [-0.39, 0.29) is 19.8 Å². The minimum atomic E-state index is -0.584. The monoisotopic (exact) mass is 344 g/mol. The fourth-order valence-electron chi connectivity index (χ4n) is 2.97. The molecule has 1 atom stereocenters. The Bertz CT molecular complexity index is 707. The lowest BCUT2D eigenvalue weighted by Gasteiger charge is -2.31. The van der Waals surface area contributed by atoms with Gasteiger partial charge in [-0.15, -0.1) is 0 Å². The van der Waals surface area contributed by atoms with Gasteiger partial charge < -0.3 is 20.5 Å². The molecule has 1 heterocycles. The van der Waals surface area contributed by atoms with Crippen molar-refractivity contribution in [3.63, 3.8) is 0 Å². The van der Waals surface area contributed by atoms with E-state index in [1.807, 2.05) is 30.3 Å². The molecule has 1 aliphatic rings. The maximum absolute atomic E-state index is 12.6. The van der Waals surface area contributed by atoms with Crippen LogP contribution in [0.4, 0.5) is 0 Å². The van der Waals surface area contributed by atoms with Crippen LogP contribution in [0.2, 0.25) is 0 Å². The standard InChI is InChI=1S/C19H24N2O4/c1-4-24-18(22)15-12(3)21-14(11-20)17(19(23)25-5-2)16(15)13-9-7-6-8-10-13/h6-10,16,21H,4-5,11,20H2,1-3H3. The minimum absolute atomic E-state index is 0.130. The van der Waals surface area contributed by atoms with Gasteiger partial charge in [0.15, 0.2) is 0 Å². The molecule has 0 saturated heterocycles. The molecule has 0 bridgehead atoms. The van der Waals surface area contributed by atoms with Crippen LogP contribution in [0.5, 0.6) is 0 Å². The van der Waals surface area contributed by atoms with Crippen molar-refractivity contribution >= 4 is 11.9 Å². The first-order valence-electron chi connectivity index (χ1n) is 8.35. The summed E-state index contributed by atoms with van der Waals surface area (Å²) in [5.41, 5.74) is 8.58. The topological polar surface area (TPSA) is 90.6 Å². The van der Waals surface area contributed by atoms with Crippen molar-refractivity contribution in [2.24, 2.45) is 5.73 Å². The molecule has 0 aliphatic carbocycles. The SMILES string of the molecule is CCOC(=O)C1=C(C)NC(CN)=C(C(=O)OCC)C1c1ccccc1. The third kappa shape index (κ3) is 3.91. The molecule has 6 heteroatoms. The average Bonchev–Trinajstić information content (AvgIpc) is 2.61. The van der Waals surface area contributed by atoms with Crippen molar-refractivity contribution in [3.8, 4) is 0 Å². The molecule has 0 fully saturated rings. The summed E-state index contributed by atoms with van der Waals surface area (Å²) in [6.07, 6.45) is 0. The minimum Gasteiger partial charge on any atom is -0.463 e. The number of esters is 2. The van der Waals surface area contributed by atoms with Gasteiger partial charge in [-0.1, -0.05) is 30.3 Å². The Hall–Kier alpha value is -2.60. The predicted molar refractivity (Wildman–Crippen MR) is 94.4 cm³/mol. The number of nitrogens with one attached hydrogen (secondary N) is 1. The van der Waals surface area contributed by atoms with Crippen LogP contribution in [0, 0.1) is 0 Å². The van der Waals surface area contributed by atoms with Gasteiger partial charge in [-0.25, -0.2) is 9.59 Å². The van der Waals surface area contributed by atoms with E-state index < -0.39 is 17.9 Å². The number of nitrogens with two attached hydrogens (primary N) is 1. The van der Waals surface area contributed by atoms with E-state index in [9.17, 15) is 9.59 Å². The van der Waals surface area contributed by atoms with Crippen LogP contribution in [0.3, 0.4) is 0 Å². The number of benzene rings is 1. The number of carbonyl (C=O) groups is 2. The molecular formula is C19H24N2O4. The summed E-state index contributed by atoms with van der Waals surface area (Å²) in [5.74, 6) is -1.53. The molecule has 1 aliphatic heterocycles. The van der Waals surface area contributed by atoms with Crippen LogP contribution in [0.25, 0.3) is 0 Å². The van der Waals surface area contributed by atoms with E-state index in [1.165, 1.54) is 0 Å². The molecule has 1 unspecified atom stereocenters. The Kier molecular flexibility index (Phi) is 6.36. The first kappa shape index (κ1) is 18.7. The van der Waals surface area contributed by atoms with Gasteiger partial charge in [0.25, 0.3) is 0 Å². The second-order valence-corrected chi connectivity index (χ2v) is 5.54. The molecule has 3 N–H and O–H groups in total. The lowest BCUT2D eigenvalue weighted by atomic mass is 9.80. The molecule has 0 aromatic heterocycles. The van der Waals surface area contributed by atoms with Crippen LogP contribution in [0.1, 0.15) is 32.3 Å². The van der Waals surface area contributed by atoms with Crippen LogP contribution in [-0.2, 0) is 19.1 Å². The molecular weight excluding hydrogens is 320 g/mol. The van der Waals surface area contributed by atoms with E-state index in [4.69, 9.17) is 15.2 Å². The van der Waals surface area contributed by atoms with E-state index in [0.717, 1.165) is 5.56 Å². The highest BCUT2D eigenvalue weighted by Gasteiger charge is 2.38. The number of hydrogen-bond donors (Lipinski definition) is 2. The molecule has 0 spiro atoms. The van der Waals surface area contributed by atoms with Crippen molar-refractivity contribution in [2.75, 3.05) is 19.8 Å². The fourth-order valence-corrected chi connectivity index (χ4v) is 2.97. The smallest absolute Gasteiger partial charge is 0.336 e. The summed E-state index contributed by atoms with van der Waals surface area (Å²) in [6.45, 7) is 5.87. The second kappa shape index (κ2) is 8.48. The molecule has 0 radical (unpaired) electrons. The average molecular weight is 344 g/mol. The third-order valence-corrected chi connectivity index (χ3v) is 3.97. The quantitative estimate of drug-likeness (QED) is 0.767. The van der Waals surface area contributed by atoms with Crippen LogP contribution < -0.4 is 11.1 Å². The van der Waals surface area contributed by atoms with E-state index in [0.29, 0.717) is 22.5 Å². The lowest BCUT2D eigenvalue weighted by molar-refractivity contribution is -0.139. The maximum atomic E-state index is 12.6. The summed E-state index contributed by atoms with van der Waals surface area (Å²) in [4.78, 5) is 25.2. The molecule has 2 rings (SSSR count). The Balaban J connectivity index is 2.64. The van der Waals surface area contributed by atoms with Gasteiger partial charge in [-0.05, 0) is 26.3 Å². The number of dihydropyridines is 1. The van der Waals surface area contributed by atoms with E-state index in [1.54, 1.807) is 20.8 Å².